The van der Waals surface area contributed by atoms with Crippen LogP contribution in [-0.4, -0.2) is 0 Å². The van der Waals surface area contributed by atoms with E-state index >= 15 is 0 Å². The quantitative estimate of drug-likeness (QED) is 0.482. The lowest BCUT2D eigenvalue weighted by Crippen LogP contribution is -2.03. The van der Waals surface area contributed by atoms with Crippen LogP contribution in [0.25, 0.3) is 0 Å². The van der Waals surface area contributed by atoms with Crippen molar-refractivity contribution < 1.29 is 9.78 Å². The first-order valence-corrected chi connectivity index (χ1v) is 2.75. The lowest BCUT2D eigenvalue weighted by Gasteiger charge is -2.10. The molecule has 45 valence electrons. The van der Waals surface area contributed by atoms with Gasteiger partial charge in [0.2, 0.25) is 0 Å². The molecule has 9 heavy (non-hydrogen) atoms. The van der Waals surface area contributed by atoms with Gasteiger partial charge in [-0.25, -0.2) is 0 Å². The molecule has 1 aliphatic heterocycles. The van der Waals surface area contributed by atoms with Gasteiger partial charge < -0.3 is 4.89 Å². The molecule has 0 aliphatic carbocycles. The summed E-state index contributed by atoms with van der Waals surface area (Å²) in [6, 6.07) is 8.55. The lowest BCUT2D eigenvalue weighted by molar-refractivity contribution is -0.223. The van der Waals surface area contributed by atoms with E-state index in [0.717, 1.165) is 5.56 Å². The standard InChI is InChI=1S/C7H5O2/c1-2-6-4-7(3-1)9-8-5-6/h1-2,4H,5H2. The van der Waals surface area contributed by atoms with E-state index in [0.29, 0.717) is 12.4 Å². The molecular weight excluding hydrogens is 116 g/mol. The average Bonchev–Trinajstić information content (AvgIpc) is 1.88. The molecule has 1 aromatic carbocycles. The number of hydrogen-bond donors (Lipinski definition) is 0. The Morgan fingerprint density at radius 1 is 1.56 bits per heavy atom. The zero-order valence-electron chi connectivity index (χ0n) is 4.76. The molecule has 0 saturated carbocycles. The van der Waals surface area contributed by atoms with Crippen LogP contribution >= 0.6 is 0 Å². The third-order valence-corrected chi connectivity index (χ3v) is 1.21. The van der Waals surface area contributed by atoms with Crippen LogP contribution in [0.2, 0.25) is 0 Å². The largest absolute Gasteiger partial charge is 0.337 e. The van der Waals surface area contributed by atoms with Gasteiger partial charge in [0.25, 0.3) is 0 Å². The molecule has 2 heteroatoms. The maximum absolute atomic E-state index is 4.73. The fraction of sp³-hybridized carbons (Fsp3) is 0.143. The highest BCUT2D eigenvalue weighted by molar-refractivity contribution is 5.27. The van der Waals surface area contributed by atoms with Gasteiger partial charge in [-0.3, -0.25) is 0 Å². The van der Waals surface area contributed by atoms with Crippen LogP contribution < -0.4 is 4.89 Å². The molecule has 1 aromatic rings. The molecule has 1 aliphatic rings. The van der Waals surface area contributed by atoms with Crippen molar-refractivity contribution >= 4 is 0 Å². The van der Waals surface area contributed by atoms with Crippen molar-refractivity contribution in [2.24, 2.45) is 0 Å². The van der Waals surface area contributed by atoms with Crippen LogP contribution in [0.5, 0.6) is 5.75 Å². The number of hydrogen-bond acceptors (Lipinski definition) is 2. The summed E-state index contributed by atoms with van der Waals surface area (Å²) in [6.45, 7) is 0.543. The molecule has 0 spiro atoms. The van der Waals surface area contributed by atoms with Crippen molar-refractivity contribution in [1.82, 2.24) is 0 Å². The second kappa shape index (κ2) is 1.74. The van der Waals surface area contributed by atoms with E-state index in [4.69, 9.17) is 9.78 Å². The lowest BCUT2D eigenvalue weighted by atomic mass is 10.2. The smallest absolute Gasteiger partial charge is 0.173 e. The topological polar surface area (TPSA) is 18.5 Å². The van der Waals surface area contributed by atoms with E-state index in [2.05, 4.69) is 6.07 Å². The summed E-state index contributed by atoms with van der Waals surface area (Å²) < 4.78 is 0. The predicted molar refractivity (Wildman–Crippen MR) is 30.7 cm³/mol. The minimum absolute atomic E-state index is 0.543. The molecule has 0 atom stereocenters. The Balaban J connectivity index is 2.53. The van der Waals surface area contributed by atoms with E-state index in [9.17, 15) is 0 Å². The SMILES string of the molecule is [c]1ccc2cc1OOC2. The highest BCUT2D eigenvalue weighted by atomic mass is 17.2. The van der Waals surface area contributed by atoms with Crippen molar-refractivity contribution in [2.45, 2.75) is 6.61 Å². The molecule has 2 rings (SSSR count). The monoisotopic (exact) mass is 121 g/mol. The molecule has 0 saturated heterocycles. The minimum atomic E-state index is 0.543. The molecule has 0 aromatic heterocycles. The van der Waals surface area contributed by atoms with E-state index in [1.807, 2.05) is 18.2 Å². The summed E-state index contributed by atoms with van der Waals surface area (Å²) in [7, 11) is 0. The van der Waals surface area contributed by atoms with Gasteiger partial charge in [-0.1, -0.05) is 6.07 Å². The van der Waals surface area contributed by atoms with Crippen molar-refractivity contribution in [3.63, 3.8) is 0 Å². The van der Waals surface area contributed by atoms with E-state index in [1.54, 1.807) is 0 Å². The van der Waals surface area contributed by atoms with Gasteiger partial charge >= 0.3 is 0 Å². The molecule has 0 fully saturated rings. The summed E-state index contributed by atoms with van der Waals surface area (Å²) in [5, 5.41) is 0. The predicted octanol–water partition coefficient (Wildman–Crippen LogP) is 1.31. The maximum Gasteiger partial charge on any atom is 0.173 e. The summed E-state index contributed by atoms with van der Waals surface area (Å²) >= 11 is 0. The molecule has 0 amide bonds. The van der Waals surface area contributed by atoms with Crippen LogP contribution in [0.4, 0.5) is 0 Å². The Kier molecular flexibility index (Phi) is 0.932. The zero-order valence-corrected chi connectivity index (χ0v) is 4.76. The highest BCUT2D eigenvalue weighted by Crippen LogP contribution is 2.18. The second-order valence-corrected chi connectivity index (χ2v) is 1.91. The molecule has 2 nitrogen and oxygen atoms in total. The first-order valence-electron chi connectivity index (χ1n) is 2.75. The van der Waals surface area contributed by atoms with Crippen molar-refractivity contribution in [3.05, 3.63) is 29.8 Å². The van der Waals surface area contributed by atoms with Gasteiger partial charge in [0.1, 0.15) is 6.61 Å². The summed E-state index contributed by atoms with van der Waals surface area (Å²) in [6.07, 6.45) is 0. The summed E-state index contributed by atoms with van der Waals surface area (Å²) in [5.74, 6) is 0.666. The normalized spacial score (nSPS) is 14.7. The molecular formula is C7H5O2. The fourth-order valence-corrected chi connectivity index (χ4v) is 0.788. The van der Waals surface area contributed by atoms with Gasteiger partial charge in [-0.2, -0.15) is 4.89 Å². The number of fused-ring (bicyclic) bond motifs is 2. The average molecular weight is 121 g/mol. The molecule has 1 radical (unpaired) electrons. The Bertz CT molecular complexity index is 201. The number of rotatable bonds is 0. The van der Waals surface area contributed by atoms with Gasteiger partial charge in [0, 0.05) is 6.07 Å². The van der Waals surface area contributed by atoms with E-state index < -0.39 is 0 Å². The van der Waals surface area contributed by atoms with E-state index in [-0.39, 0.29) is 0 Å². The Labute approximate surface area is 52.9 Å². The van der Waals surface area contributed by atoms with Crippen molar-refractivity contribution in [3.8, 4) is 5.75 Å². The summed E-state index contributed by atoms with van der Waals surface area (Å²) in [4.78, 5) is 9.44. The van der Waals surface area contributed by atoms with Crippen LogP contribution in [0, 0.1) is 6.07 Å². The molecule has 0 N–H and O–H groups in total. The Morgan fingerprint density at radius 3 is 3.33 bits per heavy atom. The summed E-state index contributed by atoms with van der Waals surface area (Å²) in [5.41, 5.74) is 1.13. The molecule has 2 bridgehead atoms. The highest BCUT2D eigenvalue weighted by Gasteiger charge is 2.04. The second-order valence-electron chi connectivity index (χ2n) is 1.91. The molecule has 0 unspecified atom stereocenters. The van der Waals surface area contributed by atoms with Crippen LogP contribution in [0.3, 0.4) is 0 Å². The number of benzene rings is 1. The third-order valence-electron chi connectivity index (χ3n) is 1.21. The Morgan fingerprint density at radius 2 is 2.56 bits per heavy atom. The third kappa shape index (κ3) is 0.771. The van der Waals surface area contributed by atoms with Gasteiger partial charge in [-0.05, 0) is 17.7 Å². The van der Waals surface area contributed by atoms with Gasteiger partial charge in [0.15, 0.2) is 5.75 Å². The van der Waals surface area contributed by atoms with Crippen LogP contribution in [-0.2, 0) is 11.5 Å². The first kappa shape index (κ1) is 4.82. The van der Waals surface area contributed by atoms with Crippen molar-refractivity contribution in [2.75, 3.05) is 0 Å². The van der Waals surface area contributed by atoms with Crippen molar-refractivity contribution in [1.29, 1.82) is 0 Å². The minimum Gasteiger partial charge on any atom is -0.337 e. The van der Waals surface area contributed by atoms with Gasteiger partial charge in [-0.15, -0.1) is 0 Å². The first-order chi connectivity index (χ1) is 4.45. The molecule has 1 heterocycles. The fourth-order valence-electron chi connectivity index (χ4n) is 0.788. The Hall–Kier alpha value is -1.02. The van der Waals surface area contributed by atoms with Crippen LogP contribution in [0.15, 0.2) is 18.2 Å². The van der Waals surface area contributed by atoms with Crippen LogP contribution in [0.1, 0.15) is 5.56 Å². The van der Waals surface area contributed by atoms with Gasteiger partial charge in [0.05, 0.1) is 0 Å². The zero-order chi connectivity index (χ0) is 6.10. The maximum atomic E-state index is 4.73. The van der Waals surface area contributed by atoms with E-state index in [1.165, 1.54) is 0 Å².